The molecule has 0 radical (unpaired) electrons. The minimum Gasteiger partial charge on any atom is -0.463 e. The van der Waals surface area contributed by atoms with Gasteiger partial charge in [-0.3, -0.25) is 0 Å². The van der Waals surface area contributed by atoms with Crippen LogP contribution in [0.15, 0.2) is 74.7 Å². The first kappa shape index (κ1) is 19.2. The van der Waals surface area contributed by atoms with Crippen molar-refractivity contribution < 1.29 is 4.74 Å². The molecule has 0 amide bonds. The molecule has 0 unspecified atom stereocenters. The van der Waals surface area contributed by atoms with Crippen LogP contribution in [0.1, 0.15) is 40.9 Å². The molecule has 0 fully saturated rings. The molecule has 3 aromatic rings. The van der Waals surface area contributed by atoms with Gasteiger partial charge in [0, 0.05) is 27.0 Å². The summed E-state index contributed by atoms with van der Waals surface area (Å²) in [6.07, 6.45) is 0.527. The van der Waals surface area contributed by atoms with Gasteiger partial charge in [-0.05, 0) is 52.7 Å². The molecule has 0 spiro atoms. The summed E-state index contributed by atoms with van der Waals surface area (Å²) >= 11 is 13.4. The fourth-order valence-electron chi connectivity index (χ4n) is 3.88. The molecular formula is C23H17Br2ClN2O. The number of hydrazone groups is 1. The molecule has 29 heavy (non-hydrogen) atoms. The third kappa shape index (κ3) is 3.49. The van der Waals surface area contributed by atoms with Gasteiger partial charge in [0.15, 0.2) is 0 Å². The maximum absolute atomic E-state index is 6.49. The van der Waals surface area contributed by atoms with Gasteiger partial charge in [0.1, 0.15) is 5.75 Å². The van der Waals surface area contributed by atoms with E-state index in [0.717, 1.165) is 48.5 Å². The lowest BCUT2D eigenvalue weighted by Gasteiger charge is -2.38. The van der Waals surface area contributed by atoms with E-state index in [4.69, 9.17) is 21.4 Å². The third-order valence-electron chi connectivity index (χ3n) is 5.35. The molecule has 2 aliphatic rings. The second-order valence-corrected chi connectivity index (χ2v) is 9.55. The molecule has 5 rings (SSSR count). The topological polar surface area (TPSA) is 24.8 Å². The van der Waals surface area contributed by atoms with Crippen molar-refractivity contribution in [1.29, 1.82) is 0 Å². The van der Waals surface area contributed by atoms with Gasteiger partial charge < -0.3 is 4.74 Å². The smallest absolute Gasteiger partial charge is 0.213 e. The maximum atomic E-state index is 6.49. The third-order valence-corrected chi connectivity index (χ3v) is 6.65. The highest BCUT2D eigenvalue weighted by molar-refractivity contribution is 9.11. The monoisotopic (exact) mass is 530 g/mol. The predicted molar refractivity (Wildman–Crippen MR) is 124 cm³/mol. The normalized spacial score (nSPS) is 20.0. The van der Waals surface area contributed by atoms with Crippen LogP contribution in [-0.4, -0.2) is 10.7 Å². The van der Waals surface area contributed by atoms with E-state index in [9.17, 15) is 0 Å². The van der Waals surface area contributed by atoms with Gasteiger partial charge in [0.2, 0.25) is 6.23 Å². The Balaban J connectivity index is 1.62. The largest absolute Gasteiger partial charge is 0.463 e. The van der Waals surface area contributed by atoms with Crippen LogP contribution in [0, 0.1) is 6.92 Å². The van der Waals surface area contributed by atoms with Crippen LogP contribution in [-0.2, 0) is 0 Å². The van der Waals surface area contributed by atoms with Crippen LogP contribution in [0.3, 0.4) is 0 Å². The first-order valence-corrected chi connectivity index (χ1v) is 11.3. The molecule has 6 heteroatoms. The lowest BCUT2D eigenvalue weighted by Crippen LogP contribution is -2.33. The fraction of sp³-hybridized carbons (Fsp3) is 0.174. The summed E-state index contributed by atoms with van der Waals surface area (Å²) in [5, 5.41) is 7.82. The number of aryl methyl sites for hydroxylation is 1. The van der Waals surface area contributed by atoms with Crippen LogP contribution in [0.2, 0.25) is 5.02 Å². The van der Waals surface area contributed by atoms with Gasteiger partial charge in [-0.2, -0.15) is 5.10 Å². The van der Waals surface area contributed by atoms with Crippen molar-refractivity contribution in [2.45, 2.75) is 25.6 Å². The molecule has 0 bridgehead atoms. The second-order valence-electron chi connectivity index (χ2n) is 7.34. The molecule has 0 saturated carbocycles. The standard InChI is InChI=1S/C23H17Br2ClN2O/c1-13-2-4-15(5-3-13)23-28-21(18-10-16(24)11-19(25)22(18)29-23)12-20(27-28)14-6-8-17(26)9-7-14/h2-11,21,23H,12H2,1H3/t21-,23-/m1/s1. The predicted octanol–water partition coefficient (Wildman–Crippen LogP) is 7.42. The van der Waals surface area contributed by atoms with E-state index in [1.54, 1.807) is 0 Å². The average molecular weight is 533 g/mol. The summed E-state index contributed by atoms with van der Waals surface area (Å²) in [6.45, 7) is 2.09. The van der Waals surface area contributed by atoms with Crippen LogP contribution < -0.4 is 4.74 Å². The quantitative estimate of drug-likeness (QED) is 0.343. The minimum absolute atomic E-state index is 0.101. The number of benzene rings is 3. The summed E-state index contributed by atoms with van der Waals surface area (Å²) in [4.78, 5) is 0. The van der Waals surface area contributed by atoms with Crippen LogP contribution in [0.4, 0.5) is 0 Å². The maximum Gasteiger partial charge on any atom is 0.213 e. The Morgan fingerprint density at radius 3 is 2.48 bits per heavy atom. The van der Waals surface area contributed by atoms with Gasteiger partial charge in [0.05, 0.1) is 16.2 Å². The zero-order valence-corrected chi connectivity index (χ0v) is 19.5. The van der Waals surface area contributed by atoms with Crippen molar-refractivity contribution in [3.05, 3.63) is 96.9 Å². The molecule has 2 aliphatic heterocycles. The molecule has 0 saturated heterocycles. The summed E-state index contributed by atoms with van der Waals surface area (Å²) in [5.74, 6) is 0.882. The molecule has 146 valence electrons. The number of fused-ring (bicyclic) bond motifs is 3. The highest BCUT2D eigenvalue weighted by atomic mass is 79.9. The first-order chi connectivity index (χ1) is 14.0. The first-order valence-electron chi connectivity index (χ1n) is 9.33. The van der Waals surface area contributed by atoms with Crippen molar-refractivity contribution in [1.82, 2.24) is 5.01 Å². The van der Waals surface area contributed by atoms with Crippen molar-refractivity contribution in [3.63, 3.8) is 0 Å². The summed E-state index contributed by atoms with van der Waals surface area (Å²) in [5.41, 5.74) is 5.56. The van der Waals surface area contributed by atoms with Gasteiger partial charge >= 0.3 is 0 Å². The molecule has 3 nitrogen and oxygen atoms in total. The lowest BCUT2D eigenvalue weighted by atomic mass is 9.96. The van der Waals surface area contributed by atoms with Crippen molar-refractivity contribution in [3.8, 4) is 5.75 Å². The minimum atomic E-state index is -0.282. The van der Waals surface area contributed by atoms with E-state index < -0.39 is 0 Å². The number of ether oxygens (including phenoxy) is 1. The zero-order chi connectivity index (χ0) is 20.1. The summed E-state index contributed by atoms with van der Waals surface area (Å²) < 4.78 is 8.45. The molecule has 0 aromatic heterocycles. The van der Waals surface area contributed by atoms with E-state index in [1.807, 2.05) is 30.3 Å². The van der Waals surface area contributed by atoms with Crippen molar-refractivity contribution >= 4 is 49.2 Å². The van der Waals surface area contributed by atoms with Crippen LogP contribution in [0.5, 0.6) is 5.75 Å². The molecule has 0 aliphatic carbocycles. The SMILES string of the molecule is Cc1ccc([C@H]2Oc3c(Br)cc(Br)cc3[C@H]3CC(c4ccc(Cl)cc4)=NN32)cc1. The molecular weight excluding hydrogens is 516 g/mol. The van der Waals surface area contributed by atoms with E-state index in [0.29, 0.717) is 0 Å². The highest BCUT2D eigenvalue weighted by Gasteiger charge is 2.41. The number of hydrogen-bond donors (Lipinski definition) is 0. The zero-order valence-electron chi connectivity index (χ0n) is 15.6. The van der Waals surface area contributed by atoms with E-state index >= 15 is 0 Å². The molecule has 2 atom stereocenters. The van der Waals surface area contributed by atoms with E-state index in [-0.39, 0.29) is 12.3 Å². The fourth-order valence-corrected chi connectivity index (χ4v) is 5.36. The Kier molecular flexibility index (Phi) is 4.93. The highest BCUT2D eigenvalue weighted by Crippen LogP contribution is 2.50. The van der Waals surface area contributed by atoms with E-state index in [1.165, 1.54) is 5.56 Å². The Labute approximate surface area is 191 Å². The second kappa shape index (κ2) is 7.46. The van der Waals surface area contributed by atoms with Crippen LogP contribution >= 0.6 is 43.5 Å². The Bertz CT molecular complexity index is 1110. The van der Waals surface area contributed by atoms with Gasteiger partial charge in [-0.25, -0.2) is 5.01 Å². The average Bonchev–Trinajstić information content (AvgIpc) is 3.14. The van der Waals surface area contributed by atoms with Crippen molar-refractivity contribution in [2.24, 2.45) is 5.10 Å². The molecule has 2 heterocycles. The number of halogens is 3. The number of rotatable bonds is 2. The van der Waals surface area contributed by atoms with Gasteiger partial charge in [0.25, 0.3) is 0 Å². The van der Waals surface area contributed by atoms with Gasteiger partial charge in [-0.1, -0.05) is 69.5 Å². The van der Waals surface area contributed by atoms with Crippen LogP contribution in [0.25, 0.3) is 0 Å². The molecule has 0 N–H and O–H groups in total. The number of nitrogens with zero attached hydrogens (tertiary/aromatic N) is 2. The van der Waals surface area contributed by atoms with Crippen molar-refractivity contribution in [2.75, 3.05) is 0 Å². The van der Waals surface area contributed by atoms with Gasteiger partial charge in [-0.15, -0.1) is 0 Å². The Morgan fingerprint density at radius 2 is 1.76 bits per heavy atom. The number of hydrogen-bond acceptors (Lipinski definition) is 3. The summed E-state index contributed by atoms with van der Waals surface area (Å²) in [6, 6.07) is 20.6. The Hall–Kier alpha value is -1.82. The summed E-state index contributed by atoms with van der Waals surface area (Å²) in [7, 11) is 0. The lowest BCUT2D eigenvalue weighted by molar-refractivity contribution is -0.0197. The van der Waals surface area contributed by atoms with E-state index in [2.05, 4.69) is 74.1 Å². The Morgan fingerprint density at radius 1 is 1.03 bits per heavy atom. The molecule has 3 aromatic carbocycles.